The quantitative estimate of drug-likeness (QED) is 0.187. The number of aliphatic hydroxyl groups is 1. The zero-order valence-electron chi connectivity index (χ0n) is 20.3. The van der Waals surface area contributed by atoms with Crippen LogP contribution >= 0.6 is 0 Å². The summed E-state index contributed by atoms with van der Waals surface area (Å²) < 4.78 is 57.3. The van der Waals surface area contributed by atoms with Gasteiger partial charge in [0.05, 0.1) is 34.1 Å². The van der Waals surface area contributed by atoms with Gasteiger partial charge >= 0.3 is 6.18 Å². The van der Waals surface area contributed by atoms with Crippen LogP contribution in [0.2, 0.25) is 0 Å². The number of amides is 1. The summed E-state index contributed by atoms with van der Waals surface area (Å²) in [6, 6.07) is 13.0. The predicted octanol–water partition coefficient (Wildman–Crippen LogP) is 5.57. The van der Waals surface area contributed by atoms with E-state index in [-0.39, 0.29) is 11.8 Å². The molecule has 0 radical (unpaired) electrons. The van der Waals surface area contributed by atoms with Crippen LogP contribution in [0.15, 0.2) is 73.1 Å². The molecule has 1 amide bonds. The number of carbonyl (C=O) groups is 1. The summed E-state index contributed by atoms with van der Waals surface area (Å²) >= 11 is 0. The van der Waals surface area contributed by atoms with Gasteiger partial charge in [0, 0.05) is 24.4 Å². The lowest BCUT2D eigenvalue weighted by Crippen LogP contribution is -2.19. The smallest absolute Gasteiger partial charge is 0.394 e. The molecule has 38 heavy (non-hydrogen) atoms. The fourth-order valence-electron chi connectivity index (χ4n) is 3.89. The summed E-state index contributed by atoms with van der Waals surface area (Å²) in [5.41, 5.74) is -1.24. The van der Waals surface area contributed by atoms with Crippen molar-refractivity contribution in [1.29, 1.82) is 5.41 Å². The summed E-state index contributed by atoms with van der Waals surface area (Å²) in [6.45, 7) is 1.56. The molecule has 2 aromatic heterocycles. The number of fused-ring (bicyclic) bond motifs is 1. The first-order chi connectivity index (χ1) is 18.0. The van der Waals surface area contributed by atoms with Gasteiger partial charge in [0.1, 0.15) is 11.5 Å². The van der Waals surface area contributed by atoms with Crippen molar-refractivity contribution in [2.45, 2.75) is 19.2 Å². The van der Waals surface area contributed by atoms with E-state index < -0.39 is 46.4 Å². The number of nitrogens with one attached hydrogen (secondary N) is 3. The van der Waals surface area contributed by atoms with Gasteiger partial charge in [-0.1, -0.05) is 30.3 Å². The average Bonchev–Trinajstić information content (AvgIpc) is 3.24. The number of hydrogen-bond acceptors (Lipinski definition) is 5. The SMILES string of the molecule is CN/C=C\C(=N)c1cc(C(=O)Nc2c(-c3ccccc3)nn3ccc(C(C)O)cc23)c(F)cc1C(F)(F)F. The van der Waals surface area contributed by atoms with Gasteiger partial charge in [-0.15, -0.1) is 0 Å². The number of alkyl halides is 3. The number of anilines is 1. The van der Waals surface area contributed by atoms with Crippen LogP contribution in [-0.4, -0.2) is 33.4 Å². The van der Waals surface area contributed by atoms with Crippen molar-refractivity contribution in [3.63, 3.8) is 0 Å². The third-order valence-electron chi connectivity index (χ3n) is 5.79. The van der Waals surface area contributed by atoms with Gasteiger partial charge in [-0.25, -0.2) is 8.91 Å². The van der Waals surface area contributed by atoms with Gasteiger partial charge < -0.3 is 21.1 Å². The van der Waals surface area contributed by atoms with Crippen LogP contribution in [0.4, 0.5) is 23.2 Å². The van der Waals surface area contributed by atoms with E-state index in [1.807, 2.05) is 0 Å². The highest BCUT2D eigenvalue weighted by Crippen LogP contribution is 2.36. The molecule has 0 bridgehead atoms. The normalized spacial score (nSPS) is 12.6. The van der Waals surface area contributed by atoms with E-state index in [0.717, 1.165) is 6.08 Å². The van der Waals surface area contributed by atoms with E-state index >= 15 is 0 Å². The molecule has 0 saturated carbocycles. The van der Waals surface area contributed by atoms with E-state index in [1.165, 1.54) is 17.8 Å². The highest BCUT2D eigenvalue weighted by Gasteiger charge is 2.36. The number of pyridine rings is 1. The molecule has 4 N–H and O–H groups in total. The molecule has 2 aromatic carbocycles. The standard InChI is InChI=1S/C27H23F4N5O2/c1-15(37)17-9-11-36-23(12-17)25(24(35-36)16-6-4-3-5-7-16)34-26(38)19-13-18(22(32)8-10-33-2)20(14-21(19)28)27(29,30)31/h3-15,32-33,37H,1-2H3,(H,34,38)/b10-8-,32-22?. The summed E-state index contributed by atoms with van der Waals surface area (Å²) in [7, 11) is 1.50. The molecule has 4 rings (SSSR count). The van der Waals surface area contributed by atoms with Gasteiger partial charge in [0.25, 0.3) is 5.91 Å². The number of aromatic nitrogens is 2. The van der Waals surface area contributed by atoms with Crippen LogP contribution < -0.4 is 10.6 Å². The number of nitrogens with zero attached hydrogens (tertiary/aromatic N) is 2. The zero-order chi connectivity index (χ0) is 27.6. The van der Waals surface area contributed by atoms with E-state index in [1.54, 1.807) is 55.6 Å². The Hall–Kier alpha value is -4.51. The number of hydrogen-bond donors (Lipinski definition) is 4. The minimum Gasteiger partial charge on any atom is -0.394 e. The van der Waals surface area contributed by atoms with E-state index in [2.05, 4.69) is 15.7 Å². The van der Waals surface area contributed by atoms with Gasteiger partial charge in [-0.2, -0.15) is 18.3 Å². The second kappa shape index (κ2) is 10.5. The van der Waals surface area contributed by atoms with Crippen molar-refractivity contribution in [1.82, 2.24) is 14.9 Å². The van der Waals surface area contributed by atoms with Crippen molar-refractivity contribution < 1.29 is 27.5 Å². The third-order valence-corrected chi connectivity index (χ3v) is 5.79. The lowest BCUT2D eigenvalue weighted by atomic mass is 9.98. The Balaban J connectivity index is 1.85. The van der Waals surface area contributed by atoms with Crippen LogP contribution in [0.1, 0.15) is 40.1 Å². The summed E-state index contributed by atoms with van der Waals surface area (Å²) in [5.74, 6) is -2.43. The maximum absolute atomic E-state index is 14.9. The molecule has 4 aromatic rings. The fourth-order valence-corrected chi connectivity index (χ4v) is 3.89. The topological polar surface area (TPSA) is 103 Å². The Labute approximate surface area is 214 Å². The second-order valence-electron chi connectivity index (χ2n) is 8.42. The lowest BCUT2D eigenvalue weighted by Gasteiger charge is -2.15. The lowest BCUT2D eigenvalue weighted by molar-refractivity contribution is -0.137. The third kappa shape index (κ3) is 5.28. The van der Waals surface area contributed by atoms with Gasteiger partial charge in [-0.05, 0) is 49.0 Å². The molecule has 0 aliphatic heterocycles. The molecule has 0 spiro atoms. The summed E-state index contributed by atoms with van der Waals surface area (Å²) in [6.07, 6.45) is -1.88. The molecule has 0 fully saturated rings. The molecular formula is C27H23F4N5O2. The first-order valence-corrected chi connectivity index (χ1v) is 11.4. The van der Waals surface area contributed by atoms with E-state index in [9.17, 15) is 27.5 Å². The molecule has 1 unspecified atom stereocenters. The molecule has 2 heterocycles. The van der Waals surface area contributed by atoms with Crippen LogP contribution in [0, 0.1) is 11.2 Å². The Morgan fingerprint density at radius 1 is 1.13 bits per heavy atom. The second-order valence-corrected chi connectivity index (χ2v) is 8.42. The number of carbonyl (C=O) groups excluding carboxylic acids is 1. The first kappa shape index (κ1) is 26.6. The van der Waals surface area contributed by atoms with Gasteiger partial charge in [0.2, 0.25) is 0 Å². The Bertz CT molecular complexity index is 1540. The number of allylic oxidation sites excluding steroid dienone is 1. The summed E-state index contributed by atoms with van der Waals surface area (Å²) in [4.78, 5) is 13.3. The van der Waals surface area contributed by atoms with Crippen molar-refractivity contribution >= 4 is 22.8 Å². The van der Waals surface area contributed by atoms with Crippen LogP contribution in [-0.2, 0) is 6.18 Å². The Morgan fingerprint density at radius 3 is 2.47 bits per heavy atom. The van der Waals surface area contributed by atoms with E-state index in [4.69, 9.17) is 5.41 Å². The number of benzene rings is 2. The summed E-state index contributed by atoms with van der Waals surface area (Å²) in [5, 5.41) is 27.8. The minimum atomic E-state index is -4.95. The van der Waals surface area contributed by atoms with Crippen LogP contribution in [0.3, 0.4) is 0 Å². The van der Waals surface area contributed by atoms with Gasteiger partial charge in [-0.3, -0.25) is 4.79 Å². The fraction of sp³-hybridized carbons (Fsp3) is 0.148. The van der Waals surface area contributed by atoms with Crippen molar-refractivity contribution in [3.8, 4) is 11.3 Å². The molecule has 0 saturated heterocycles. The molecule has 196 valence electrons. The van der Waals surface area contributed by atoms with Crippen molar-refractivity contribution in [2.75, 3.05) is 12.4 Å². The largest absolute Gasteiger partial charge is 0.417 e. The van der Waals surface area contributed by atoms with E-state index in [0.29, 0.717) is 28.4 Å². The minimum absolute atomic E-state index is 0.176. The molecule has 0 aliphatic rings. The zero-order valence-corrected chi connectivity index (χ0v) is 20.3. The van der Waals surface area contributed by atoms with Crippen molar-refractivity contribution in [3.05, 3.63) is 101 Å². The highest BCUT2D eigenvalue weighted by molar-refractivity contribution is 6.12. The molecule has 1 atom stereocenters. The Morgan fingerprint density at radius 2 is 1.84 bits per heavy atom. The first-order valence-electron chi connectivity index (χ1n) is 11.4. The number of rotatable bonds is 7. The van der Waals surface area contributed by atoms with Crippen molar-refractivity contribution in [2.24, 2.45) is 0 Å². The highest BCUT2D eigenvalue weighted by atomic mass is 19.4. The van der Waals surface area contributed by atoms with Gasteiger partial charge in [0.15, 0.2) is 0 Å². The molecule has 11 heteroatoms. The predicted molar refractivity (Wildman–Crippen MR) is 136 cm³/mol. The number of aliphatic hydroxyl groups excluding tert-OH is 1. The maximum Gasteiger partial charge on any atom is 0.417 e. The van der Waals surface area contributed by atoms with Crippen LogP contribution in [0.5, 0.6) is 0 Å². The maximum atomic E-state index is 14.9. The molecule has 7 nitrogen and oxygen atoms in total. The average molecular weight is 526 g/mol. The monoisotopic (exact) mass is 525 g/mol. The number of halogens is 4. The Kier molecular flexibility index (Phi) is 7.31. The molecular weight excluding hydrogens is 502 g/mol. The molecule has 0 aliphatic carbocycles. The van der Waals surface area contributed by atoms with Crippen LogP contribution in [0.25, 0.3) is 16.8 Å².